The van der Waals surface area contributed by atoms with Gasteiger partial charge >= 0.3 is 0 Å². The van der Waals surface area contributed by atoms with Crippen LogP contribution in [0.1, 0.15) is 33.1 Å². The average molecular weight is 543 g/mol. The number of carbonyl (C=O) groups is 1. The molecular formula is C30H28ClFN6O. The summed E-state index contributed by atoms with van der Waals surface area (Å²) in [5.41, 5.74) is 5.33. The molecule has 0 aliphatic carbocycles. The molecule has 1 amide bonds. The van der Waals surface area contributed by atoms with Crippen LogP contribution < -0.4 is 10.6 Å². The Kier molecular flexibility index (Phi) is 6.76. The molecule has 7 nitrogen and oxygen atoms in total. The number of benzene rings is 3. The molecule has 2 N–H and O–H groups in total. The maximum atomic E-state index is 14.8. The molecule has 0 bridgehead atoms. The van der Waals surface area contributed by atoms with E-state index < -0.39 is 6.04 Å². The number of hydrogen-bond donors (Lipinski definition) is 2. The zero-order valence-electron chi connectivity index (χ0n) is 21.7. The van der Waals surface area contributed by atoms with Gasteiger partial charge in [-0.2, -0.15) is 0 Å². The van der Waals surface area contributed by atoms with E-state index >= 15 is 0 Å². The number of likely N-dealkylation sites (tertiary alicyclic amines) is 1. The van der Waals surface area contributed by atoms with E-state index in [0.717, 1.165) is 41.2 Å². The molecule has 1 aromatic heterocycles. The van der Waals surface area contributed by atoms with Gasteiger partial charge in [0, 0.05) is 64.8 Å². The number of nitrogens with one attached hydrogen (secondary N) is 2. The minimum absolute atomic E-state index is 0.0353. The average Bonchev–Trinajstić information content (AvgIpc) is 3.04. The minimum atomic E-state index is -0.394. The van der Waals surface area contributed by atoms with E-state index in [4.69, 9.17) is 16.6 Å². The summed E-state index contributed by atoms with van der Waals surface area (Å²) in [5, 5.41) is 7.28. The molecule has 2 aliphatic heterocycles. The van der Waals surface area contributed by atoms with Crippen LogP contribution >= 0.6 is 11.6 Å². The fourth-order valence-corrected chi connectivity index (χ4v) is 5.26. The van der Waals surface area contributed by atoms with E-state index in [2.05, 4.69) is 20.5 Å². The van der Waals surface area contributed by atoms with Crippen LogP contribution in [0.25, 0.3) is 11.3 Å². The van der Waals surface area contributed by atoms with Gasteiger partial charge < -0.3 is 20.4 Å². The molecule has 0 saturated carbocycles. The van der Waals surface area contributed by atoms with E-state index in [0.29, 0.717) is 34.7 Å². The Morgan fingerprint density at radius 3 is 2.59 bits per heavy atom. The lowest BCUT2D eigenvalue weighted by Gasteiger charge is -2.42. The van der Waals surface area contributed by atoms with Gasteiger partial charge in [-0.15, -0.1) is 0 Å². The summed E-state index contributed by atoms with van der Waals surface area (Å²) < 4.78 is 14.8. The summed E-state index contributed by atoms with van der Waals surface area (Å²) in [6.45, 7) is 1.95. The second-order valence-electron chi connectivity index (χ2n) is 10.2. The van der Waals surface area contributed by atoms with Gasteiger partial charge in [-0.25, -0.2) is 14.4 Å². The van der Waals surface area contributed by atoms with Gasteiger partial charge in [0.15, 0.2) is 0 Å². The molecule has 0 spiro atoms. The molecule has 1 saturated heterocycles. The summed E-state index contributed by atoms with van der Waals surface area (Å²) in [7, 11) is 4.06. The minimum Gasteiger partial charge on any atom is -0.335 e. The van der Waals surface area contributed by atoms with Gasteiger partial charge in [0.05, 0.1) is 11.7 Å². The normalized spacial score (nSPS) is 16.7. The van der Waals surface area contributed by atoms with Crippen molar-refractivity contribution in [2.24, 2.45) is 0 Å². The summed E-state index contributed by atoms with van der Waals surface area (Å²) in [6.07, 6.45) is 1.78. The highest BCUT2D eigenvalue weighted by Gasteiger charge is 2.32. The summed E-state index contributed by atoms with van der Waals surface area (Å²) >= 11 is 6.38. The highest BCUT2D eigenvalue weighted by molar-refractivity contribution is 6.30. The van der Waals surface area contributed by atoms with Gasteiger partial charge in [0.25, 0.3) is 5.91 Å². The van der Waals surface area contributed by atoms with Gasteiger partial charge in [-0.3, -0.25) is 4.79 Å². The van der Waals surface area contributed by atoms with Gasteiger partial charge in [-0.05, 0) is 62.1 Å². The topological polar surface area (TPSA) is 73.4 Å². The Labute approximate surface area is 231 Å². The molecule has 3 aromatic carbocycles. The van der Waals surface area contributed by atoms with Crippen LogP contribution in [0.5, 0.6) is 0 Å². The van der Waals surface area contributed by atoms with E-state index in [1.807, 2.05) is 67.5 Å². The van der Waals surface area contributed by atoms with Crippen molar-refractivity contribution in [1.82, 2.24) is 25.1 Å². The second kappa shape index (κ2) is 10.4. The Morgan fingerprint density at radius 1 is 1.08 bits per heavy atom. The van der Waals surface area contributed by atoms with Crippen LogP contribution in [0.3, 0.4) is 0 Å². The van der Waals surface area contributed by atoms with Crippen LogP contribution in [-0.2, 0) is 6.54 Å². The first-order valence-electron chi connectivity index (χ1n) is 12.8. The maximum absolute atomic E-state index is 14.8. The fourth-order valence-electron chi connectivity index (χ4n) is 5.08. The number of carbonyl (C=O) groups excluding carboxylic acids is 1. The SMILES string of the molecule is CN(C)C1CN(C(=O)c2ccc(Nc3ncc4c(n3)-c3ccc(Cl)cc3C(c3ccccc3F)NC4)cc2)C1. The van der Waals surface area contributed by atoms with E-state index in [-0.39, 0.29) is 11.7 Å². The summed E-state index contributed by atoms with van der Waals surface area (Å²) in [5.74, 6) is 0.177. The number of fused-ring (bicyclic) bond motifs is 3. The lowest BCUT2D eigenvalue weighted by molar-refractivity contribution is 0.0399. The quantitative estimate of drug-likeness (QED) is 0.358. The van der Waals surface area contributed by atoms with Gasteiger partial charge in [-0.1, -0.05) is 35.9 Å². The highest BCUT2D eigenvalue weighted by atomic mass is 35.5. The zero-order valence-corrected chi connectivity index (χ0v) is 22.4. The fraction of sp³-hybridized carbons (Fsp3) is 0.233. The predicted molar refractivity (Wildman–Crippen MR) is 151 cm³/mol. The third-order valence-electron chi connectivity index (χ3n) is 7.42. The van der Waals surface area contributed by atoms with E-state index in [9.17, 15) is 9.18 Å². The molecule has 2 aliphatic rings. The molecule has 1 unspecified atom stereocenters. The van der Waals surface area contributed by atoms with Crippen LogP contribution in [0, 0.1) is 5.82 Å². The zero-order chi connectivity index (χ0) is 27.1. The molecule has 1 fully saturated rings. The monoisotopic (exact) mass is 542 g/mol. The first-order valence-corrected chi connectivity index (χ1v) is 13.2. The van der Waals surface area contributed by atoms with Gasteiger partial charge in [0.1, 0.15) is 5.82 Å². The van der Waals surface area contributed by atoms with Crippen LogP contribution in [0.4, 0.5) is 16.0 Å². The number of nitrogens with zero attached hydrogens (tertiary/aromatic N) is 4. The molecule has 0 radical (unpaired) electrons. The number of aromatic nitrogens is 2. The van der Waals surface area contributed by atoms with Crippen LogP contribution in [0.15, 0.2) is 72.9 Å². The van der Waals surface area contributed by atoms with Crippen LogP contribution in [-0.4, -0.2) is 58.9 Å². The molecular weight excluding hydrogens is 515 g/mol. The maximum Gasteiger partial charge on any atom is 0.253 e. The third kappa shape index (κ3) is 4.98. The Hall–Kier alpha value is -3.85. The molecule has 9 heteroatoms. The number of hydrogen-bond acceptors (Lipinski definition) is 6. The molecule has 4 aromatic rings. The van der Waals surface area contributed by atoms with Crippen molar-refractivity contribution in [3.8, 4) is 11.3 Å². The van der Waals surface area contributed by atoms with Crippen molar-refractivity contribution in [2.45, 2.75) is 18.6 Å². The molecule has 39 heavy (non-hydrogen) atoms. The largest absolute Gasteiger partial charge is 0.335 e. The molecule has 198 valence electrons. The Balaban J connectivity index is 1.25. The van der Waals surface area contributed by atoms with E-state index in [1.54, 1.807) is 18.3 Å². The van der Waals surface area contributed by atoms with Crippen molar-refractivity contribution in [2.75, 3.05) is 32.5 Å². The first kappa shape index (κ1) is 25.4. The van der Waals surface area contributed by atoms with E-state index in [1.165, 1.54) is 6.07 Å². The van der Waals surface area contributed by atoms with Crippen LogP contribution in [0.2, 0.25) is 5.02 Å². The number of amides is 1. The molecule has 1 atom stereocenters. The standard InChI is InChI=1S/C30H28ClFN6O/c1-37(2)22-16-38(17-22)29(39)18-7-10-21(11-8-18)35-30-34-15-19-14-33-28(24-5-3-4-6-26(24)32)25-13-20(31)9-12-23(25)27(19)36-30/h3-13,15,22,28,33H,14,16-17H2,1-2H3,(H,34,35,36). The third-order valence-corrected chi connectivity index (χ3v) is 7.66. The lowest BCUT2D eigenvalue weighted by Crippen LogP contribution is -2.59. The second-order valence-corrected chi connectivity index (χ2v) is 10.6. The van der Waals surface area contributed by atoms with Crippen molar-refractivity contribution in [1.29, 1.82) is 0 Å². The smallest absolute Gasteiger partial charge is 0.253 e. The summed E-state index contributed by atoms with van der Waals surface area (Å²) in [4.78, 5) is 26.1. The van der Waals surface area contributed by atoms with Crippen molar-refractivity contribution >= 4 is 29.1 Å². The van der Waals surface area contributed by atoms with Crippen molar-refractivity contribution in [3.05, 3.63) is 106 Å². The predicted octanol–water partition coefficient (Wildman–Crippen LogP) is 5.26. The summed E-state index contributed by atoms with van der Waals surface area (Å²) in [6, 6.07) is 19.7. The Morgan fingerprint density at radius 2 is 1.85 bits per heavy atom. The van der Waals surface area contributed by atoms with Crippen molar-refractivity contribution in [3.63, 3.8) is 0 Å². The molecule has 6 rings (SSSR count). The lowest BCUT2D eigenvalue weighted by atomic mass is 9.93. The first-order chi connectivity index (χ1) is 18.9. The number of likely N-dealkylation sites (N-methyl/N-ethyl adjacent to an activating group) is 1. The number of rotatable bonds is 5. The highest BCUT2D eigenvalue weighted by Crippen LogP contribution is 2.38. The number of anilines is 2. The van der Waals surface area contributed by atoms with Gasteiger partial charge in [0.2, 0.25) is 5.95 Å². The Bertz CT molecular complexity index is 1540. The van der Waals surface area contributed by atoms with Crippen molar-refractivity contribution < 1.29 is 9.18 Å². The molecule has 3 heterocycles. The number of halogens is 2.